The van der Waals surface area contributed by atoms with Crippen LogP contribution in [0.1, 0.15) is 37.0 Å². The van der Waals surface area contributed by atoms with E-state index in [0.717, 1.165) is 4.90 Å². The zero-order valence-electron chi connectivity index (χ0n) is 17.0. The van der Waals surface area contributed by atoms with Gasteiger partial charge in [-0.05, 0) is 61.4 Å². The quantitative estimate of drug-likeness (QED) is 0.667. The van der Waals surface area contributed by atoms with Gasteiger partial charge in [0.2, 0.25) is 5.91 Å². The van der Waals surface area contributed by atoms with Crippen LogP contribution in [0.3, 0.4) is 0 Å². The Morgan fingerprint density at radius 2 is 1.60 bits per heavy atom. The summed E-state index contributed by atoms with van der Waals surface area (Å²) in [5.41, 5.74) is -0.176. The normalized spacial score (nSPS) is 17.1. The molecule has 1 unspecified atom stereocenters. The lowest BCUT2D eigenvalue weighted by Gasteiger charge is -2.53. The predicted octanol–water partition coefficient (Wildman–Crippen LogP) is 3.98. The zero-order chi connectivity index (χ0) is 21.9. The number of likely N-dealkylation sites (tertiary alicyclic amines) is 1. The lowest BCUT2D eigenvalue weighted by atomic mass is 9.72. The molecule has 1 saturated heterocycles. The molecule has 0 saturated carbocycles. The van der Waals surface area contributed by atoms with Gasteiger partial charge < -0.3 is 19.9 Å². The molecule has 30 heavy (non-hydrogen) atoms. The first-order chi connectivity index (χ1) is 14.4. The number of imide groups is 1. The fourth-order valence-electron chi connectivity index (χ4n) is 3.56. The summed E-state index contributed by atoms with van der Waals surface area (Å²) in [6.45, 7) is 3.76. The number of methoxy groups -OCH3 is 1. The van der Waals surface area contributed by atoms with E-state index in [0.29, 0.717) is 30.0 Å². The number of carbonyl (C=O) groups excluding carboxylic acids is 2. The number of urea groups is 1. The first-order valence-electron chi connectivity index (χ1n) is 9.65. The minimum atomic E-state index is -1.04. The Balaban J connectivity index is 1.81. The van der Waals surface area contributed by atoms with Crippen molar-refractivity contribution in [3.63, 3.8) is 0 Å². The monoisotopic (exact) mass is 412 g/mol. The van der Waals surface area contributed by atoms with E-state index in [9.17, 15) is 14.4 Å². The molecule has 2 N–H and O–H groups in total. The summed E-state index contributed by atoms with van der Waals surface area (Å²) in [4.78, 5) is 37.9. The first kappa shape index (κ1) is 21.2. The smallest absolute Gasteiger partial charge is 0.335 e. The van der Waals surface area contributed by atoms with Gasteiger partial charge in [0.1, 0.15) is 16.9 Å². The Morgan fingerprint density at radius 1 is 1.03 bits per heavy atom. The number of ether oxygens (including phenoxy) is 2. The molecule has 3 amide bonds. The minimum Gasteiger partial charge on any atom is -0.497 e. The summed E-state index contributed by atoms with van der Waals surface area (Å²) in [7, 11) is 1.55. The molecule has 1 heterocycles. The molecule has 8 heteroatoms. The highest BCUT2D eigenvalue weighted by atomic mass is 16.5. The van der Waals surface area contributed by atoms with E-state index in [4.69, 9.17) is 14.6 Å². The van der Waals surface area contributed by atoms with Crippen LogP contribution in [-0.2, 0) is 4.79 Å². The van der Waals surface area contributed by atoms with Crippen LogP contribution >= 0.6 is 0 Å². The largest absolute Gasteiger partial charge is 0.497 e. The molecule has 0 aliphatic carbocycles. The van der Waals surface area contributed by atoms with E-state index >= 15 is 0 Å². The fourth-order valence-corrected chi connectivity index (χ4v) is 3.56. The van der Waals surface area contributed by atoms with Gasteiger partial charge in [0.25, 0.3) is 0 Å². The fraction of sp³-hybridized carbons (Fsp3) is 0.318. The van der Waals surface area contributed by atoms with Gasteiger partial charge in [-0.3, -0.25) is 4.79 Å². The molecule has 158 valence electrons. The van der Waals surface area contributed by atoms with Crippen molar-refractivity contribution in [2.24, 2.45) is 5.41 Å². The molecule has 8 nitrogen and oxygen atoms in total. The van der Waals surface area contributed by atoms with Crippen LogP contribution in [0.15, 0.2) is 48.5 Å². The van der Waals surface area contributed by atoms with Crippen molar-refractivity contribution in [2.45, 2.75) is 32.9 Å². The van der Waals surface area contributed by atoms with Crippen LogP contribution < -0.4 is 14.8 Å². The first-order valence-corrected chi connectivity index (χ1v) is 9.65. The second kappa shape index (κ2) is 8.44. The average molecular weight is 412 g/mol. The van der Waals surface area contributed by atoms with E-state index in [1.165, 1.54) is 24.3 Å². The number of nitrogens with zero attached hydrogens (tertiary/aromatic N) is 1. The van der Waals surface area contributed by atoms with Crippen molar-refractivity contribution in [1.29, 1.82) is 0 Å². The molecule has 0 radical (unpaired) electrons. The lowest BCUT2D eigenvalue weighted by Crippen LogP contribution is -2.73. The number of aromatic carboxylic acids is 1. The molecule has 2 aromatic rings. The number of hydrogen-bond donors (Lipinski definition) is 2. The predicted molar refractivity (Wildman–Crippen MR) is 110 cm³/mol. The summed E-state index contributed by atoms with van der Waals surface area (Å²) in [6, 6.07) is 12.0. The number of carboxylic acids is 1. The molecule has 3 rings (SSSR count). The van der Waals surface area contributed by atoms with E-state index in [2.05, 4.69) is 5.32 Å². The molecule has 1 atom stereocenters. The van der Waals surface area contributed by atoms with Crippen molar-refractivity contribution < 1.29 is 29.0 Å². The molecule has 0 bridgehead atoms. The topological polar surface area (TPSA) is 105 Å². The number of nitrogens with one attached hydrogen (secondary N) is 1. The number of β-lactam (4-membered cyclic amide) rings is 1. The maximum absolute atomic E-state index is 12.9. The van der Waals surface area contributed by atoms with E-state index in [1.54, 1.807) is 31.4 Å². The number of carbonyl (C=O) groups is 3. The second-order valence-electron chi connectivity index (χ2n) is 7.00. The van der Waals surface area contributed by atoms with E-state index in [-0.39, 0.29) is 11.5 Å². The number of amides is 3. The van der Waals surface area contributed by atoms with Crippen molar-refractivity contribution in [2.75, 3.05) is 12.4 Å². The second-order valence-corrected chi connectivity index (χ2v) is 7.00. The molecule has 0 aromatic heterocycles. The van der Waals surface area contributed by atoms with Crippen molar-refractivity contribution in [3.8, 4) is 11.5 Å². The Bertz CT molecular complexity index is 935. The van der Waals surface area contributed by atoms with Crippen LogP contribution in [0.2, 0.25) is 0 Å². The van der Waals surface area contributed by atoms with Crippen molar-refractivity contribution >= 4 is 23.6 Å². The summed E-state index contributed by atoms with van der Waals surface area (Å²) in [5, 5.41) is 11.7. The van der Waals surface area contributed by atoms with Gasteiger partial charge in [0, 0.05) is 5.69 Å². The number of anilines is 1. The highest BCUT2D eigenvalue weighted by molar-refractivity contribution is 6.07. The van der Waals surface area contributed by atoms with Gasteiger partial charge in [-0.2, -0.15) is 0 Å². The van der Waals surface area contributed by atoms with E-state index in [1.807, 2.05) is 13.8 Å². The number of benzene rings is 2. The lowest BCUT2D eigenvalue weighted by molar-refractivity contribution is -0.190. The van der Waals surface area contributed by atoms with Gasteiger partial charge in [-0.15, -0.1) is 0 Å². The molecule has 0 spiro atoms. The maximum atomic E-state index is 12.9. The number of rotatable bonds is 7. The third-order valence-corrected chi connectivity index (χ3v) is 5.52. The molecule has 1 fully saturated rings. The van der Waals surface area contributed by atoms with Gasteiger partial charge in [0.15, 0.2) is 6.23 Å². The van der Waals surface area contributed by atoms with Crippen LogP contribution in [0.25, 0.3) is 0 Å². The van der Waals surface area contributed by atoms with Gasteiger partial charge in [0.05, 0.1) is 12.7 Å². The summed E-state index contributed by atoms with van der Waals surface area (Å²) >= 11 is 0. The summed E-state index contributed by atoms with van der Waals surface area (Å²) < 4.78 is 11.1. The van der Waals surface area contributed by atoms with Gasteiger partial charge in [-0.25, -0.2) is 14.5 Å². The highest BCUT2D eigenvalue weighted by Crippen LogP contribution is 2.46. The molecule has 1 aliphatic rings. The summed E-state index contributed by atoms with van der Waals surface area (Å²) in [6.07, 6.45) is 0.216. The van der Waals surface area contributed by atoms with Gasteiger partial charge in [-0.1, -0.05) is 13.8 Å². The molecule has 2 aromatic carbocycles. The van der Waals surface area contributed by atoms with E-state index < -0.39 is 23.6 Å². The zero-order valence-corrected chi connectivity index (χ0v) is 17.0. The third-order valence-electron chi connectivity index (χ3n) is 5.52. The highest BCUT2D eigenvalue weighted by Gasteiger charge is 2.62. The third kappa shape index (κ3) is 3.68. The average Bonchev–Trinajstić information content (AvgIpc) is 2.75. The van der Waals surface area contributed by atoms with Crippen LogP contribution in [0.5, 0.6) is 11.5 Å². The SMILES string of the molecule is CCC1(CC)C(=O)N(C(=O)Nc2ccc(OC)cc2)C1Oc1ccc(C(=O)O)cc1. The standard InChI is InChI=1S/C22H24N2O6/c1-4-22(5-2)19(27)24(21(28)23-15-8-12-16(29-3)13-9-15)20(22)30-17-10-6-14(7-11-17)18(25)26/h6-13,20H,4-5H2,1-3H3,(H,23,28)(H,25,26). The molecular formula is C22H24N2O6. The van der Waals surface area contributed by atoms with Crippen molar-refractivity contribution in [3.05, 3.63) is 54.1 Å². The maximum Gasteiger partial charge on any atom is 0.335 e. The number of carboxylic acid groups (broad SMARTS) is 1. The van der Waals surface area contributed by atoms with Crippen LogP contribution in [0, 0.1) is 5.41 Å². The van der Waals surface area contributed by atoms with Crippen molar-refractivity contribution in [1.82, 2.24) is 4.90 Å². The van der Waals surface area contributed by atoms with Crippen LogP contribution in [0.4, 0.5) is 10.5 Å². The van der Waals surface area contributed by atoms with Crippen LogP contribution in [-0.4, -0.2) is 41.3 Å². The summed E-state index contributed by atoms with van der Waals surface area (Å²) in [5.74, 6) is -0.316. The Labute approximate surface area is 174 Å². The minimum absolute atomic E-state index is 0.124. The molecule has 1 aliphatic heterocycles. The Morgan fingerprint density at radius 3 is 2.10 bits per heavy atom. The Kier molecular flexibility index (Phi) is 5.96. The molecular weight excluding hydrogens is 388 g/mol. The van der Waals surface area contributed by atoms with Gasteiger partial charge >= 0.3 is 12.0 Å². The Hall–Kier alpha value is -3.55. The number of hydrogen-bond acceptors (Lipinski definition) is 5.